The molecule has 0 atom stereocenters. The first-order chi connectivity index (χ1) is 12.7. The van der Waals surface area contributed by atoms with Gasteiger partial charge in [-0.1, -0.05) is 65.8 Å². The van der Waals surface area contributed by atoms with Gasteiger partial charge in [-0.3, -0.25) is 0 Å². The average molecular weight is 361 g/mol. The highest BCUT2D eigenvalue weighted by atomic mass is 32.1. The number of benzene rings is 2. The first-order valence-electron chi connectivity index (χ1n) is 8.02. The molecule has 0 unspecified atom stereocenters. The van der Waals surface area contributed by atoms with Crippen LogP contribution in [0.4, 0.5) is 0 Å². The fourth-order valence-electron chi connectivity index (χ4n) is 2.95. The van der Waals surface area contributed by atoms with Gasteiger partial charge in [0, 0.05) is 11.1 Å². The van der Waals surface area contributed by atoms with Crippen LogP contribution in [0, 0.1) is 0 Å². The van der Waals surface area contributed by atoms with E-state index in [-0.39, 0.29) is 5.75 Å². The Labute approximate surface area is 153 Å². The number of fused-ring (bicyclic) bond motifs is 1. The van der Waals surface area contributed by atoms with Gasteiger partial charge in [0.05, 0.1) is 16.0 Å². The van der Waals surface area contributed by atoms with Crippen LogP contribution >= 0.6 is 11.3 Å². The van der Waals surface area contributed by atoms with E-state index in [0.717, 1.165) is 16.7 Å². The van der Waals surface area contributed by atoms with E-state index in [4.69, 9.17) is 5.21 Å². The van der Waals surface area contributed by atoms with Gasteiger partial charge in [0.2, 0.25) is 0 Å². The zero-order chi connectivity index (χ0) is 18.1. The van der Waals surface area contributed by atoms with Crippen molar-refractivity contribution in [1.82, 2.24) is 10.2 Å². The number of hydrogen-bond acceptors (Lipinski definition) is 6. The maximum atomic E-state index is 10.9. The van der Waals surface area contributed by atoms with Crippen LogP contribution in [0.5, 0.6) is 5.75 Å². The van der Waals surface area contributed by atoms with Crippen molar-refractivity contribution in [3.8, 4) is 28.1 Å². The monoisotopic (exact) mass is 361 g/mol. The van der Waals surface area contributed by atoms with Gasteiger partial charge in [-0.05, 0) is 12.5 Å². The second kappa shape index (κ2) is 6.57. The summed E-state index contributed by atoms with van der Waals surface area (Å²) < 4.78 is 0. The smallest absolute Gasteiger partial charge is 0.151 e. The Kier molecular flexibility index (Phi) is 4.10. The molecule has 0 saturated carbocycles. The van der Waals surface area contributed by atoms with Crippen molar-refractivity contribution >= 4 is 27.3 Å². The molecule has 0 radical (unpaired) electrons. The first kappa shape index (κ1) is 16.2. The molecule has 4 aromatic rings. The molecule has 0 saturated heterocycles. The van der Waals surface area contributed by atoms with Crippen molar-refractivity contribution in [1.29, 1.82) is 0 Å². The summed E-state index contributed by atoms with van der Waals surface area (Å²) in [4.78, 5) is 1.08. The van der Waals surface area contributed by atoms with Gasteiger partial charge in [-0.15, -0.1) is 21.5 Å². The Morgan fingerprint density at radius 2 is 1.54 bits per heavy atom. The summed E-state index contributed by atoms with van der Waals surface area (Å²) in [5.41, 5.74) is 3.70. The van der Waals surface area contributed by atoms with Gasteiger partial charge in [0.15, 0.2) is 4.83 Å². The second-order valence-electron chi connectivity index (χ2n) is 5.80. The third-order valence-corrected chi connectivity index (χ3v) is 5.35. The van der Waals surface area contributed by atoms with Crippen molar-refractivity contribution in [3.63, 3.8) is 0 Å². The van der Waals surface area contributed by atoms with Crippen LogP contribution < -0.4 is 0 Å². The van der Waals surface area contributed by atoms with E-state index >= 15 is 0 Å². The topological polar surface area (TPSA) is 78.6 Å². The number of oxime groups is 1. The van der Waals surface area contributed by atoms with E-state index in [0.29, 0.717) is 26.5 Å². The van der Waals surface area contributed by atoms with Gasteiger partial charge >= 0.3 is 0 Å². The van der Waals surface area contributed by atoms with E-state index in [9.17, 15) is 5.11 Å². The highest BCUT2D eigenvalue weighted by molar-refractivity contribution is 7.21. The van der Waals surface area contributed by atoms with Gasteiger partial charge in [-0.25, -0.2) is 0 Å². The molecule has 0 fully saturated rings. The van der Waals surface area contributed by atoms with Crippen molar-refractivity contribution in [2.24, 2.45) is 5.16 Å². The molecule has 4 rings (SSSR count). The van der Waals surface area contributed by atoms with E-state index in [1.54, 1.807) is 6.92 Å². The SMILES string of the molecule is CC(=NO)c1sc2nnc(-c3ccccc3)c(-c3ccccc3)c2c1O. The Bertz CT molecular complexity index is 1110. The van der Waals surface area contributed by atoms with E-state index < -0.39 is 0 Å². The summed E-state index contributed by atoms with van der Waals surface area (Å²) in [5.74, 6) is 0.0613. The molecule has 128 valence electrons. The lowest BCUT2D eigenvalue weighted by Gasteiger charge is -2.10. The summed E-state index contributed by atoms with van der Waals surface area (Å²) in [6.07, 6.45) is 0. The van der Waals surface area contributed by atoms with Crippen molar-refractivity contribution in [3.05, 3.63) is 65.5 Å². The van der Waals surface area contributed by atoms with Crippen molar-refractivity contribution < 1.29 is 10.3 Å². The standard InChI is InChI=1S/C20H15N3O2S/c1-12(23-25)19-18(24)16-15(13-8-4-2-5-9-13)17(21-22-20(16)26-19)14-10-6-3-7-11-14/h2-11,24-25H,1H3. The highest BCUT2D eigenvalue weighted by Crippen LogP contribution is 2.44. The van der Waals surface area contributed by atoms with Crippen molar-refractivity contribution in [2.75, 3.05) is 0 Å². The van der Waals surface area contributed by atoms with Crippen LogP contribution in [-0.2, 0) is 0 Å². The zero-order valence-electron chi connectivity index (χ0n) is 13.9. The molecule has 2 N–H and O–H groups in total. The number of thiophene rings is 1. The molecular weight excluding hydrogens is 346 g/mol. The van der Waals surface area contributed by atoms with Crippen LogP contribution in [0.15, 0.2) is 65.8 Å². The van der Waals surface area contributed by atoms with Crippen LogP contribution in [-0.4, -0.2) is 26.2 Å². The lowest BCUT2D eigenvalue weighted by atomic mass is 9.97. The number of aromatic hydroxyl groups is 1. The largest absolute Gasteiger partial charge is 0.506 e. The fourth-order valence-corrected chi connectivity index (χ4v) is 3.91. The molecule has 2 aromatic heterocycles. The van der Waals surface area contributed by atoms with Crippen LogP contribution in [0.3, 0.4) is 0 Å². The summed E-state index contributed by atoms with van der Waals surface area (Å²) in [6.45, 7) is 1.64. The molecule has 0 amide bonds. The van der Waals surface area contributed by atoms with Crippen LogP contribution in [0.1, 0.15) is 11.8 Å². The molecule has 0 bridgehead atoms. The highest BCUT2D eigenvalue weighted by Gasteiger charge is 2.23. The van der Waals surface area contributed by atoms with Gasteiger partial charge in [0.25, 0.3) is 0 Å². The Balaban J connectivity index is 2.12. The molecule has 2 aromatic carbocycles. The van der Waals surface area contributed by atoms with E-state index in [1.807, 2.05) is 60.7 Å². The Morgan fingerprint density at radius 1 is 0.923 bits per heavy atom. The third-order valence-electron chi connectivity index (χ3n) is 4.18. The molecule has 2 heterocycles. The lowest BCUT2D eigenvalue weighted by molar-refractivity contribution is 0.319. The number of hydrogen-bond donors (Lipinski definition) is 2. The number of rotatable bonds is 3. The van der Waals surface area contributed by atoms with Gasteiger partial charge in [-0.2, -0.15) is 0 Å². The quantitative estimate of drug-likeness (QED) is 0.308. The normalized spacial score (nSPS) is 11.8. The predicted molar refractivity (Wildman–Crippen MR) is 104 cm³/mol. The van der Waals surface area contributed by atoms with Crippen LogP contribution in [0.2, 0.25) is 0 Å². The van der Waals surface area contributed by atoms with E-state index in [1.165, 1.54) is 11.3 Å². The third kappa shape index (κ3) is 2.60. The second-order valence-corrected chi connectivity index (χ2v) is 6.80. The van der Waals surface area contributed by atoms with Gasteiger partial charge in [0.1, 0.15) is 11.4 Å². The maximum absolute atomic E-state index is 10.9. The molecule has 0 aliphatic heterocycles. The minimum absolute atomic E-state index is 0.0613. The molecule has 5 nitrogen and oxygen atoms in total. The lowest BCUT2D eigenvalue weighted by Crippen LogP contribution is -1.93. The molecule has 0 spiro atoms. The minimum Gasteiger partial charge on any atom is -0.506 e. The molecular formula is C20H15N3O2S. The summed E-state index contributed by atoms with van der Waals surface area (Å²) in [7, 11) is 0. The zero-order valence-corrected chi connectivity index (χ0v) is 14.7. The Morgan fingerprint density at radius 3 is 2.15 bits per heavy atom. The minimum atomic E-state index is 0.0613. The number of aromatic nitrogens is 2. The average Bonchev–Trinajstić information content (AvgIpc) is 3.05. The summed E-state index contributed by atoms with van der Waals surface area (Å²) in [5, 5.41) is 32.5. The predicted octanol–water partition coefficient (Wildman–Crippen LogP) is 4.93. The van der Waals surface area contributed by atoms with E-state index in [2.05, 4.69) is 15.4 Å². The van der Waals surface area contributed by atoms with Gasteiger partial charge < -0.3 is 10.3 Å². The molecule has 26 heavy (non-hydrogen) atoms. The number of nitrogens with zero attached hydrogens (tertiary/aromatic N) is 3. The van der Waals surface area contributed by atoms with Crippen molar-refractivity contribution in [2.45, 2.75) is 6.92 Å². The Hall–Kier alpha value is -3.25. The summed E-state index contributed by atoms with van der Waals surface area (Å²) >= 11 is 1.25. The van der Waals surface area contributed by atoms with Crippen LogP contribution in [0.25, 0.3) is 32.6 Å². The summed E-state index contributed by atoms with van der Waals surface area (Å²) in [6, 6.07) is 19.6. The molecule has 0 aliphatic rings. The molecule has 0 aliphatic carbocycles. The maximum Gasteiger partial charge on any atom is 0.151 e. The fraction of sp³-hybridized carbons (Fsp3) is 0.0500. The molecule has 6 heteroatoms. The first-order valence-corrected chi connectivity index (χ1v) is 8.84.